The Kier molecular flexibility index (Phi) is 3.85. The van der Waals surface area contributed by atoms with Gasteiger partial charge < -0.3 is 11.1 Å². The molecule has 2 heterocycles. The second-order valence-electron chi connectivity index (χ2n) is 6.04. The maximum atomic E-state index is 11.4. The van der Waals surface area contributed by atoms with Crippen molar-refractivity contribution >= 4 is 23.2 Å². The largest absolute Gasteiger partial charge is 0.366 e. The predicted molar refractivity (Wildman–Crippen MR) is 101 cm³/mol. The van der Waals surface area contributed by atoms with Crippen LogP contribution in [0.4, 0.5) is 11.6 Å². The lowest BCUT2D eigenvalue weighted by molar-refractivity contribution is 0.100. The van der Waals surface area contributed by atoms with Crippen molar-refractivity contribution in [2.24, 2.45) is 5.73 Å². The zero-order valence-corrected chi connectivity index (χ0v) is 14.2. The van der Waals surface area contributed by atoms with Crippen molar-refractivity contribution in [3.05, 3.63) is 78.0 Å². The molecule has 0 bridgehead atoms. The number of carbonyl (C=O) groups is 1. The van der Waals surface area contributed by atoms with Crippen molar-refractivity contribution in [2.45, 2.75) is 6.92 Å². The van der Waals surface area contributed by atoms with Gasteiger partial charge in [0.05, 0.1) is 0 Å². The van der Waals surface area contributed by atoms with E-state index in [1.54, 1.807) is 16.6 Å². The molecule has 6 nitrogen and oxygen atoms in total. The van der Waals surface area contributed by atoms with E-state index in [1.165, 1.54) is 0 Å². The second-order valence-corrected chi connectivity index (χ2v) is 6.04. The molecule has 0 spiro atoms. The maximum Gasteiger partial charge on any atom is 0.248 e. The van der Waals surface area contributed by atoms with Gasteiger partial charge in [-0.25, -0.2) is 4.52 Å². The van der Waals surface area contributed by atoms with Crippen LogP contribution < -0.4 is 11.1 Å². The van der Waals surface area contributed by atoms with E-state index in [-0.39, 0.29) is 0 Å². The third-order valence-corrected chi connectivity index (χ3v) is 4.20. The van der Waals surface area contributed by atoms with Crippen LogP contribution in [0.25, 0.3) is 16.8 Å². The van der Waals surface area contributed by atoms with E-state index in [0.29, 0.717) is 11.5 Å². The van der Waals surface area contributed by atoms with E-state index in [4.69, 9.17) is 5.73 Å². The fourth-order valence-corrected chi connectivity index (χ4v) is 2.79. The van der Waals surface area contributed by atoms with E-state index < -0.39 is 5.91 Å². The highest BCUT2D eigenvalue weighted by Crippen LogP contribution is 2.22. The lowest BCUT2D eigenvalue weighted by Gasteiger charge is -2.04. The third-order valence-electron chi connectivity index (χ3n) is 4.20. The summed E-state index contributed by atoms with van der Waals surface area (Å²) in [6, 6.07) is 19.0. The van der Waals surface area contributed by atoms with Crippen LogP contribution in [-0.4, -0.2) is 20.5 Å². The smallest absolute Gasteiger partial charge is 0.248 e. The van der Waals surface area contributed by atoms with E-state index in [2.05, 4.69) is 15.4 Å². The average molecular weight is 343 g/mol. The molecule has 4 rings (SSSR count). The van der Waals surface area contributed by atoms with Gasteiger partial charge in [0.25, 0.3) is 0 Å². The molecule has 2 aromatic carbocycles. The van der Waals surface area contributed by atoms with Crippen molar-refractivity contribution < 1.29 is 4.79 Å². The van der Waals surface area contributed by atoms with Crippen LogP contribution in [0.2, 0.25) is 0 Å². The Morgan fingerprint density at radius 1 is 1.04 bits per heavy atom. The molecule has 0 aliphatic heterocycles. The van der Waals surface area contributed by atoms with Crippen LogP contribution >= 0.6 is 0 Å². The van der Waals surface area contributed by atoms with E-state index in [1.807, 2.05) is 61.7 Å². The van der Waals surface area contributed by atoms with Gasteiger partial charge in [0.15, 0.2) is 5.65 Å². The number of amides is 1. The number of nitrogens with zero attached hydrogens (tertiary/aromatic N) is 3. The SMILES string of the molecule is Cc1ccccc1Nc1nc2ccc(-c3cccc(C(N)=O)c3)cn2n1. The number of hydrogen-bond donors (Lipinski definition) is 2. The summed E-state index contributed by atoms with van der Waals surface area (Å²) in [5, 5.41) is 7.74. The van der Waals surface area contributed by atoms with Gasteiger partial charge in [0.1, 0.15) is 0 Å². The molecule has 26 heavy (non-hydrogen) atoms. The van der Waals surface area contributed by atoms with Gasteiger partial charge in [0, 0.05) is 23.0 Å². The fraction of sp³-hybridized carbons (Fsp3) is 0.0500. The Morgan fingerprint density at radius 2 is 1.88 bits per heavy atom. The van der Waals surface area contributed by atoms with Crippen LogP contribution in [0.1, 0.15) is 15.9 Å². The van der Waals surface area contributed by atoms with Crippen molar-refractivity contribution in [3.63, 3.8) is 0 Å². The van der Waals surface area contributed by atoms with Gasteiger partial charge in [-0.05, 0) is 48.4 Å². The topological polar surface area (TPSA) is 85.3 Å². The van der Waals surface area contributed by atoms with Crippen LogP contribution in [0.3, 0.4) is 0 Å². The molecule has 0 aliphatic rings. The lowest BCUT2D eigenvalue weighted by atomic mass is 10.0. The normalized spacial score (nSPS) is 10.8. The molecule has 0 atom stereocenters. The summed E-state index contributed by atoms with van der Waals surface area (Å²) in [6.07, 6.45) is 1.88. The summed E-state index contributed by atoms with van der Waals surface area (Å²) >= 11 is 0. The van der Waals surface area contributed by atoms with Gasteiger partial charge in [0.2, 0.25) is 11.9 Å². The molecule has 1 amide bonds. The summed E-state index contributed by atoms with van der Waals surface area (Å²) < 4.78 is 1.72. The van der Waals surface area contributed by atoms with Gasteiger partial charge >= 0.3 is 0 Å². The number of nitrogens with one attached hydrogen (secondary N) is 1. The number of anilines is 2. The van der Waals surface area contributed by atoms with Gasteiger partial charge in [-0.2, -0.15) is 4.98 Å². The van der Waals surface area contributed by atoms with Crippen molar-refractivity contribution in [2.75, 3.05) is 5.32 Å². The quantitative estimate of drug-likeness (QED) is 0.593. The predicted octanol–water partition coefficient (Wildman–Crippen LogP) is 3.55. The number of hydrogen-bond acceptors (Lipinski definition) is 4. The zero-order chi connectivity index (χ0) is 18.1. The molecule has 128 valence electrons. The summed E-state index contributed by atoms with van der Waals surface area (Å²) in [4.78, 5) is 15.9. The Balaban J connectivity index is 1.69. The second kappa shape index (κ2) is 6.33. The summed E-state index contributed by atoms with van der Waals surface area (Å²) in [5.41, 5.74) is 10.5. The molecule has 0 saturated heterocycles. The molecule has 6 heteroatoms. The number of fused-ring (bicyclic) bond motifs is 1. The number of aromatic nitrogens is 3. The zero-order valence-electron chi connectivity index (χ0n) is 14.2. The molecule has 0 saturated carbocycles. The maximum absolute atomic E-state index is 11.4. The fourth-order valence-electron chi connectivity index (χ4n) is 2.79. The number of primary amides is 1. The standard InChI is InChI=1S/C20H17N5O/c1-13-5-2-3-8-17(13)22-20-23-18-10-9-16(12-25(18)24-20)14-6-4-7-15(11-14)19(21)26/h2-12H,1H3,(H2,21,26)(H,22,24). The van der Waals surface area contributed by atoms with Crippen molar-refractivity contribution in [1.29, 1.82) is 0 Å². The summed E-state index contributed by atoms with van der Waals surface area (Å²) in [5.74, 6) is 0.0840. The average Bonchev–Trinajstić information content (AvgIpc) is 3.05. The molecular formula is C20H17N5O. The van der Waals surface area contributed by atoms with Crippen LogP contribution in [0.15, 0.2) is 66.9 Å². The van der Waals surface area contributed by atoms with Gasteiger partial charge in [-0.15, -0.1) is 5.10 Å². The van der Waals surface area contributed by atoms with Crippen LogP contribution in [0.5, 0.6) is 0 Å². The number of rotatable bonds is 4. The molecule has 0 fully saturated rings. The first-order valence-corrected chi connectivity index (χ1v) is 8.19. The minimum Gasteiger partial charge on any atom is -0.366 e. The number of pyridine rings is 1. The highest BCUT2D eigenvalue weighted by Gasteiger charge is 2.08. The first-order chi connectivity index (χ1) is 12.6. The Hall–Kier alpha value is -3.67. The molecular weight excluding hydrogens is 326 g/mol. The van der Waals surface area contributed by atoms with Crippen LogP contribution in [-0.2, 0) is 0 Å². The van der Waals surface area contributed by atoms with Crippen LogP contribution in [0, 0.1) is 6.92 Å². The molecule has 4 aromatic rings. The Bertz CT molecular complexity index is 1120. The highest BCUT2D eigenvalue weighted by molar-refractivity contribution is 5.94. The van der Waals surface area contributed by atoms with E-state index >= 15 is 0 Å². The first kappa shape index (κ1) is 15.8. The number of nitrogens with two attached hydrogens (primary N) is 1. The number of benzene rings is 2. The monoisotopic (exact) mass is 343 g/mol. The number of carbonyl (C=O) groups excluding carboxylic acids is 1. The minimum absolute atomic E-state index is 0.446. The number of aryl methyl sites for hydroxylation is 1. The van der Waals surface area contributed by atoms with Gasteiger partial charge in [-0.1, -0.05) is 30.3 Å². The van der Waals surface area contributed by atoms with Crippen molar-refractivity contribution in [1.82, 2.24) is 14.6 Å². The van der Waals surface area contributed by atoms with Gasteiger partial charge in [-0.3, -0.25) is 4.79 Å². The lowest BCUT2D eigenvalue weighted by Crippen LogP contribution is -2.10. The highest BCUT2D eigenvalue weighted by atomic mass is 16.1. The minimum atomic E-state index is -0.446. The first-order valence-electron chi connectivity index (χ1n) is 8.19. The molecule has 0 aliphatic carbocycles. The summed E-state index contributed by atoms with van der Waals surface area (Å²) in [7, 11) is 0. The van der Waals surface area contributed by atoms with Crippen molar-refractivity contribution in [3.8, 4) is 11.1 Å². The third kappa shape index (κ3) is 3.00. The molecule has 0 unspecified atom stereocenters. The summed E-state index contributed by atoms with van der Waals surface area (Å²) in [6.45, 7) is 2.03. The molecule has 3 N–H and O–H groups in total. The van der Waals surface area contributed by atoms with E-state index in [9.17, 15) is 4.79 Å². The Labute approximate surface area is 150 Å². The number of para-hydroxylation sites is 1. The van der Waals surface area contributed by atoms with E-state index in [0.717, 1.165) is 28.0 Å². The molecule has 0 radical (unpaired) electrons. The Morgan fingerprint density at radius 3 is 2.69 bits per heavy atom. The molecule has 2 aromatic heterocycles.